The minimum atomic E-state index is -0.429. The van der Waals surface area contributed by atoms with Crippen LogP contribution in [-0.4, -0.2) is 32.3 Å². The van der Waals surface area contributed by atoms with Gasteiger partial charge in [-0.2, -0.15) is 0 Å². The highest BCUT2D eigenvalue weighted by Crippen LogP contribution is 2.30. The van der Waals surface area contributed by atoms with Gasteiger partial charge in [-0.1, -0.05) is 12.1 Å². The van der Waals surface area contributed by atoms with Crippen LogP contribution in [0.25, 0.3) is 11.0 Å². The molecule has 0 fully saturated rings. The lowest BCUT2D eigenvalue weighted by Crippen LogP contribution is -2.40. The van der Waals surface area contributed by atoms with Gasteiger partial charge >= 0.3 is 5.63 Å². The maximum absolute atomic E-state index is 12.4. The number of carbonyl (C=O) groups excluding carboxylic acids is 1. The Balaban J connectivity index is 1.36. The first kappa shape index (κ1) is 19.8. The van der Waals surface area contributed by atoms with E-state index in [0.29, 0.717) is 48.0 Å². The summed E-state index contributed by atoms with van der Waals surface area (Å²) in [5, 5.41) is 3.68. The van der Waals surface area contributed by atoms with E-state index in [-0.39, 0.29) is 18.4 Å². The minimum absolute atomic E-state index is 0.161. The lowest BCUT2D eigenvalue weighted by molar-refractivity contribution is -0.121. The number of hydrogen-bond donors (Lipinski definition) is 1. The van der Waals surface area contributed by atoms with Crippen LogP contribution >= 0.6 is 0 Å². The predicted molar refractivity (Wildman–Crippen MR) is 111 cm³/mol. The molecule has 156 valence electrons. The second-order valence-corrected chi connectivity index (χ2v) is 7.16. The van der Waals surface area contributed by atoms with E-state index in [1.165, 1.54) is 0 Å². The highest BCUT2D eigenvalue weighted by molar-refractivity contribution is 5.82. The van der Waals surface area contributed by atoms with Crippen molar-refractivity contribution in [1.29, 1.82) is 0 Å². The fourth-order valence-electron chi connectivity index (χ4n) is 3.51. The third-order valence-corrected chi connectivity index (χ3v) is 5.19. The van der Waals surface area contributed by atoms with Gasteiger partial charge in [-0.05, 0) is 43.2 Å². The number of rotatable bonds is 6. The first-order chi connectivity index (χ1) is 14.5. The molecule has 7 nitrogen and oxygen atoms in total. The molecule has 0 bridgehead atoms. The third-order valence-electron chi connectivity index (χ3n) is 5.19. The number of aryl methyl sites for hydroxylation is 1. The smallest absolute Gasteiger partial charge is 0.339 e. The molecule has 1 aliphatic heterocycles. The van der Waals surface area contributed by atoms with Gasteiger partial charge in [-0.3, -0.25) is 4.79 Å². The average Bonchev–Trinajstić information content (AvgIpc) is 2.77. The summed E-state index contributed by atoms with van der Waals surface area (Å²) in [6.07, 6.45) is 0.218. The molecule has 0 spiro atoms. The molecule has 7 heteroatoms. The fraction of sp³-hybridized carbons (Fsp3) is 0.304. The number of nitrogens with one attached hydrogen (secondary N) is 1. The SMILES string of the molecule is COc1ccc2c(C)c(CCC(=O)NCC3COc4ccccc4O3)c(=O)oc2c1. The molecule has 1 atom stereocenters. The van der Waals surface area contributed by atoms with Crippen molar-refractivity contribution in [2.24, 2.45) is 0 Å². The van der Waals surface area contributed by atoms with Crippen LogP contribution in [0.4, 0.5) is 0 Å². The summed E-state index contributed by atoms with van der Waals surface area (Å²) in [6.45, 7) is 2.57. The van der Waals surface area contributed by atoms with Crippen LogP contribution in [-0.2, 0) is 11.2 Å². The lowest BCUT2D eigenvalue weighted by atomic mass is 10.0. The second kappa shape index (κ2) is 8.49. The number of carbonyl (C=O) groups is 1. The van der Waals surface area contributed by atoms with Gasteiger partial charge in [0.15, 0.2) is 11.5 Å². The summed E-state index contributed by atoms with van der Waals surface area (Å²) in [5.41, 5.74) is 1.37. The Morgan fingerprint density at radius 2 is 2.00 bits per heavy atom. The molecule has 1 unspecified atom stereocenters. The molecule has 1 amide bonds. The fourth-order valence-corrected chi connectivity index (χ4v) is 3.51. The normalized spacial score (nSPS) is 15.1. The zero-order chi connectivity index (χ0) is 21.1. The molecule has 4 rings (SSSR count). The standard InChI is InChI=1S/C23H23NO6/c1-14-17-8-7-15(27-2)11-21(17)30-23(26)18(14)9-10-22(25)24-12-16-13-28-19-5-3-4-6-20(19)29-16/h3-8,11,16H,9-10,12-13H2,1-2H3,(H,24,25). The number of methoxy groups -OCH3 is 1. The van der Waals surface area contributed by atoms with Gasteiger partial charge in [0.1, 0.15) is 24.0 Å². The molecule has 1 aliphatic rings. The van der Waals surface area contributed by atoms with E-state index < -0.39 is 5.63 Å². The van der Waals surface area contributed by atoms with E-state index in [0.717, 1.165) is 10.9 Å². The zero-order valence-electron chi connectivity index (χ0n) is 16.9. The molecular weight excluding hydrogens is 386 g/mol. The number of ether oxygens (including phenoxy) is 3. The average molecular weight is 409 g/mol. The van der Waals surface area contributed by atoms with E-state index >= 15 is 0 Å². The van der Waals surface area contributed by atoms with Crippen molar-refractivity contribution >= 4 is 16.9 Å². The minimum Gasteiger partial charge on any atom is -0.497 e. The van der Waals surface area contributed by atoms with Crippen LogP contribution in [0.5, 0.6) is 17.2 Å². The van der Waals surface area contributed by atoms with Crippen LogP contribution < -0.4 is 25.2 Å². The van der Waals surface area contributed by atoms with Crippen molar-refractivity contribution in [2.75, 3.05) is 20.3 Å². The molecule has 2 aromatic carbocycles. The molecule has 0 saturated carbocycles. The first-order valence-electron chi connectivity index (χ1n) is 9.80. The van der Waals surface area contributed by atoms with Gasteiger partial charge in [0.05, 0.1) is 13.7 Å². The molecule has 1 N–H and O–H groups in total. The predicted octanol–water partition coefficient (Wildman–Crippen LogP) is 3.00. The molecule has 1 aromatic heterocycles. The van der Waals surface area contributed by atoms with Gasteiger partial charge in [-0.15, -0.1) is 0 Å². The highest BCUT2D eigenvalue weighted by Gasteiger charge is 2.21. The summed E-state index contributed by atoms with van der Waals surface area (Å²) in [6, 6.07) is 12.8. The third kappa shape index (κ3) is 4.10. The number of benzene rings is 2. The van der Waals surface area contributed by atoms with Crippen molar-refractivity contribution < 1.29 is 23.4 Å². The maximum Gasteiger partial charge on any atom is 0.339 e. The number of para-hydroxylation sites is 2. The van der Waals surface area contributed by atoms with E-state index in [1.54, 1.807) is 13.2 Å². The maximum atomic E-state index is 12.4. The van der Waals surface area contributed by atoms with Gasteiger partial charge in [0.25, 0.3) is 0 Å². The lowest BCUT2D eigenvalue weighted by Gasteiger charge is -2.26. The Kier molecular flexibility index (Phi) is 5.61. The van der Waals surface area contributed by atoms with Crippen molar-refractivity contribution in [2.45, 2.75) is 25.9 Å². The van der Waals surface area contributed by atoms with Crippen LogP contribution in [0.3, 0.4) is 0 Å². The van der Waals surface area contributed by atoms with Crippen LogP contribution in [0.2, 0.25) is 0 Å². The Morgan fingerprint density at radius 1 is 1.20 bits per heavy atom. The first-order valence-corrected chi connectivity index (χ1v) is 9.80. The largest absolute Gasteiger partial charge is 0.497 e. The molecule has 0 aliphatic carbocycles. The second-order valence-electron chi connectivity index (χ2n) is 7.16. The van der Waals surface area contributed by atoms with Gasteiger partial charge in [0.2, 0.25) is 5.91 Å². The van der Waals surface area contributed by atoms with Gasteiger partial charge in [-0.25, -0.2) is 4.79 Å². The zero-order valence-corrected chi connectivity index (χ0v) is 16.9. The monoisotopic (exact) mass is 409 g/mol. The van der Waals surface area contributed by atoms with E-state index in [9.17, 15) is 9.59 Å². The summed E-state index contributed by atoms with van der Waals surface area (Å²) in [5.74, 6) is 1.83. The van der Waals surface area contributed by atoms with Crippen LogP contribution in [0.15, 0.2) is 51.7 Å². The quantitative estimate of drug-likeness (QED) is 0.630. The van der Waals surface area contributed by atoms with Crippen molar-refractivity contribution in [3.8, 4) is 17.2 Å². The molecule has 0 radical (unpaired) electrons. The Bertz CT molecular complexity index is 1140. The highest BCUT2D eigenvalue weighted by atomic mass is 16.6. The molecule has 3 aromatic rings. The van der Waals surface area contributed by atoms with Gasteiger partial charge < -0.3 is 23.9 Å². The number of hydrogen-bond acceptors (Lipinski definition) is 6. The molecule has 0 saturated heterocycles. The molecular formula is C23H23NO6. The number of amides is 1. The van der Waals surface area contributed by atoms with Crippen LogP contribution in [0, 0.1) is 6.92 Å². The Hall–Kier alpha value is -3.48. The topological polar surface area (TPSA) is 87.0 Å². The van der Waals surface area contributed by atoms with Crippen molar-refractivity contribution in [3.63, 3.8) is 0 Å². The van der Waals surface area contributed by atoms with Crippen LogP contribution in [0.1, 0.15) is 17.5 Å². The van der Waals surface area contributed by atoms with E-state index in [1.807, 2.05) is 43.3 Å². The summed E-state index contributed by atoms with van der Waals surface area (Å²) in [4.78, 5) is 24.7. The van der Waals surface area contributed by atoms with E-state index in [2.05, 4.69) is 5.32 Å². The summed E-state index contributed by atoms with van der Waals surface area (Å²) in [7, 11) is 1.56. The molecule has 30 heavy (non-hydrogen) atoms. The Morgan fingerprint density at radius 3 is 2.80 bits per heavy atom. The summed E-state index contributed by atoms with van der Waals surface area (Å²) >= 11 is 0. The summed E-state index contributed by atoms with van der Waals surface area (Å²) < 4.78 is 22.1. The molecule has 2 heterocycles. The van der Waals surface area contributed by atoms with Crippen molar-refractivity contribution in [1.82, 2.24) is 5.32 Å². The Labute approximate surface area is 173 Å². The van der Waals surface area contributed by atoms with Gasteiger partial charge in [0, 0.05) is 23.4 Å². The van der Waals surface area contributed by atoms with E-state index in [4.69, 9.17) is 18.6 Å². The van der Waals surface area contributed by atoms with Crippen molar-refractivity contribution in [3.05, 3.63) is 64.0 Å². The number of fused-ring (bicyclic) bond motifs is 2.